The average Bonchev–Trinajstić information content (AvgIpc) is 1.97. The fourth-order valence-electron chi connectivity index (χ4n) is 0.695. The molecule has 2 N–H and O–H groups in total. The van der Waals surface area contributed by atoms with Crippen LogP contribution in [0.2, 0.25) is 0 Å². The van der Waals surface area contributed by atoms with Crippen LogP contribution in [-0.4, -0.2) is 33.8 Å². The van der Waals surface area contributed by atoms with E-state index in [0.717, 1.165) is 0 Å². The molecule has 0 aromatic heterocycles. The monoisotopic (exact) mass is 175 g/mol. The summed E-state index contributed by atoms with van der Waals surface area (Å²) in [6, 6.07) is 0. The summed E-state index contributed by atoms with van der Waals surface area (Å²) in [5, 5.41) is 17.7. The van der Waals surface area contributed by atoms with Crippen LogP contribution in [0.25, 0.3) is 0 Å². The molecule has 0 rings (SSSR count). The van der Waals surface area contributed by atoms with Crippen molar-refractivity contribution in [2.45, 2.75) is 26.2 Å². The van der Waals surface area contributed by atoms with E-state index in [0.29, 0.717) is 17.9 Å². The van der Waals surface area contributed by atoms with Gasteiger partial charge in [-0.25, -0.2) is 5.06 Å². The minimum Gasteiger partial charge on any atom is -0.481 e. The number of rotatable bonds is 5. The first-order valence-corrected chi connectivity index (χ1v) is 3.73. The van der Waals surface area contributed by atoms with Crippen molar-refractivity contribution in [3.8, 4) is 0 Å². The molecule has 0 bridgehead atoms. The van der Waals surface area contributed by atoms with Gasteiger partial charge in [0.2, 0.25) is 5.91 Å². The Hall–Kier alpha value is -1.10. The van der Waals surface area contributed by atoms with Gasteiger partial charge in [-0.3, -0.25) is 14.8 Å². The molecule has 5 heteroatoms. The molecule has 0 saturated heterocycles. The van der Waals surface area contributed by atoms with Gasteiger partial charge in [0.15, 0.2) is 0 Å². The number of carboxylic acids is 1. The van der Waals surface area contributed by atoms with Gasteiger partial charge in [0.25, 0.3) is 0 Å². The number of hydrogen-bond acceptors (Lipinski definition) is 3. The summed E-state index contributed by atoms with van der Waals surface area (Å²) in [6.07, 6.45) is 1.05. The molecule has 0 atom stereocenters. The molecule has 0 aliphatic heterocycles. The quantitative estimate of drug-likeness (QED) is 0.362. The lowest BCUT2D eigenvalue weighted by Gasteiger charge is -2.10. The van der Waals surface area contributed by atoms with Crippen molar-refractivity contribution >= 4 is 11.9 Å². The maximum Gasteiger partial charge on any atom is 0.303 e. The number of hydrogen-bond donors (Lipinski definition) is 2. The summed E-state index contributed by atoms with van der Waals surface area (Å²) in [6.45, 7) is 1.44. The first-order valence-electron chi connectivity index (χ1n) is 3.73. The standard InChI is InChI=1S/C7H13NO4/c1-6(9)8(12)5-3-2-4-7(10)11/h12H,2-5H2,1H3,(H,10,11). The fourth-order valence-corrected chi connectivity index (χ4v) is 0.695. The molecule has 0 spiro atoms. The van der Waals surface area contributed by atoms with Gasteiger partial charge in [0.1, 0.15) is 0 Å². The van der Waals surface area contributed by atoms with Crippen LogP contribution in [-0.2, 0) is 9.59 Å². The molecule has 0 heterocycles. The molecule has 0 fully saturated rings. The minimum absolute atomic E-state index is 0.0751. The Labute approximate surface area is 70.6 Å². The maximum absolute atomic E-state index is 10.4. The number of aliphatic carboxylic acids is 1. The second-order valence-corrected chi connectivity index (χ2v) is 2.49. The number of unbranched alkanes of at least 4 members (excludes halogenated alkanes) is 1. The lowest BCUT2D eigenvalue weighted by Crippen LogP contribution is -2.25. The second kappa shape index (κ2) is 5.54. The van der Waals surface area contributed by atoms with Crippen LogP contribution in [0.1, 0.15) is 26.2 Å². The zero-order valence-electron chi connectivity index (χ0n) is 6.99. The largest absolute Gasteiger partial charge is 0.481 e. The van der Waals surface area contributed by atoms with Gasteiger partial charge >= 0.3 is 5.97 Å². The Morgan fingerprint density at radius 3 is 2.33 bits per heavy atom. The topological polar surface area (TPSA) is 77.8 Å². The van der Waals surface area contributed by atoms with E-state index in [-0.39, 0.29) is 13.0 Å². The van der Waals surface area contributed by atoms with E-state index < -0.39 is 11.9 Å². The Kier molecular flexibility index (Phi) is 5.03. The van der Waals surface area contributed by atoms with E-state index in [1.54, 1.807) is 0 Å². The molecule has 1 amide bonds. The van der Waals surface area contributed by atoms with Crippen LogP contribution in [0.15, 0.2) is 0 Å². The molecular weight excluding hydrogens is 162 g/mol. The lowest BCUT2D eigenvalue weighted by molar-refractivity contribution is -0.162. The van der Waals surface area contributed by atoms with E-state index >= 15 is 0 Å². The van der Waals surface area contributed by atoms with E-state index in [1.165, 1.54) is 6.92 Å². The number of nitrogens with zero attached hydrogens (tertiary/aromatic N) is 1. The van der Waals surface area contributed by atoms with Crippen LogP contribution < -0.4 is 0 Å². The van der Waals surface area contributed by atoms with Crippen molar-refractivity contribution in [2.24, 2.45) is 0 Å². The molecule has 0 aliphatic rings. The summed E-state index contributed by atoms with van der Waals surface area (Å²) in [5.41, 5.74) is 0. The zero-order valence-corrected chi connectivity index (χ0v) is 6.99. The van der Waals surface area contributed by atoms with E-state index in [1.807, 2.05) is 0 Å². The van der Waals surface area contributed by atoms with Crippen molar-refractivity contribution in [3.05, 3.63) is 0 Å². The highest BCUT2D eigenvalue weighted by molar-refractivity contribution is 5.71. The van der Waals surface area contributed by atoms with E-state index in [4.69, 9.17) is 10.3 Å². The van der Waals surface area contributed by atoms with Crippen LogP contribution in [0.3, 0.4) is 0 Å². The summed E-state index contributed by atoms with van der Waals surface area (Å²) in [7, 11) is 0. The number of amides is 1. The van der Waals surface area contributed by atoms with Crippen LogP contribution in [0.5, 0.6) is 0 Å². The van der Waals surface area contributed by atoms with E-state index in [9.17, 15) is 9.59 Å². The van der Waals surface area contributed by atoms with Gasteiger partial charge in [0, 0.05) is 19.9 Å². The molecule has 0 aliphatic carbocycles. The van der Waals surface area contributed by atoms with Crippen LogP contribution in [0.4, 0.5) is 0 Å². The van der Waals surface area contributed by atoms with Crippen LogP contribution >= 0.6 is 0 Å². The third-order valence-electron chi connectivity index (χ3n) is 1.37. The van der Waals surface area contributed by atoms with Gasteiger partial charge < -0.3 is 5.11 Å². The second-order valence-electron chi connectivity index (χ2n) is 2.49. The first kappa shape index (κ1) is 10.9. The van der Waals surface area contributed by atoms with Crippen molar-refractivity contribution in [1.29, 1.82) is 0 Å². The fraction of sp³-hybridized carbons (Fsp3) is 0.714. The smallest absolute Gasteiger partial charge is 0.303 e. The molecule has 12 heavy (non-hydrogen) atoms. The van der Waals surface area contributed by atoms with Crippen molar-refractivity contribution in [1.82, 2.24) is 5.06 Å². The molecule has 0 aromatic rings. The van der Waals surface area contributed by atoms with Gasteiger partial charge in [-0.05, 0) is 12.8 Å². The Morgan fingerprint density at radius 2 is 1.92 bits per heavy atom. The predicted octanol–water partition coefficient (Wildman–Crippen LogP) is 0.479. The third kappa shape index (κ3) is 5.67. The normalized spacial score (nSPS) is 9.50. The highest BCUT2D eigenvalue weighted by Gasteiger charge is 2.03. The Bertz CT molecular complexity index is 169. The SMILES string of the molecule is CC(=O)N(O)CCCCC(=O)O. The molecule has 0 saturated carbocycles. The summed E-state index contributed by atoms with van der Waals surface area (Å²) in [4.78, 5) is 20.5. The van der Waals surface area contributed by atoms with Gasteiger partial charge in [-0.1, -0.05) is 0 Å². The van der Waals surface area contributed by atoms with Gasteiger partial charge in [-0.15, -0.1) is 0 Å². The van der Waals surface area contributed by atoms with Crippen molar-refractivity contribution < 1.29 is 19.9 Å². The number of carboxylic acid groups (broad SMARTS) is 1. The maximum atomic E-state index is 10.4. The lowest BCUT2D eigenvalue weighted by atomic mass is 10.2. The van der Waals surface area contributed by atoms with E-state index in [2.05, 4.69) is 0 Å². The molecule has 5 nitrogen and oxygen atoms in total. The van der Waals surface area contributed by atoms with Crippen LogP contribution in [0, 0.1) is 0 Å². The van der Waals surface area contributed by atoms with Gasteiger partial charge in [0.05, 0.1) is 0 Å². The third-order valence-corrected chi connectivity index (χ3v) is 1.37. The molecule has 0 radical (unpaired) electrons. The number of hydroxylamine groups is 2. The first-order chi connectivity index (χ1) is 5.54. The number of carbonyl (C=O) groups is 2. The zero-order chi connectivity index (χ0) is 9.56. The number of carbonyl (C=O) groups excluding carboxylic acids is 1. The summed E-state index contributed by atoms with van der Waals surface area (Å²) >= 11 is 0. The Balaban J connectivity index is 3.31. The summed E-state index contributed by atoms with van der Waals surface area (Å²) < 4.78 is 0. The highest BCUT2D eigenvalue weighted by Crippen LogP contribution is 1.97. The summed E-state index contributed by atoms with van der Waals surface area (Å²) in [5.74, 6) is -1.28. The predicted molar refractivity (Wildman–Crippen MR) is 40.7 cm³/mol. The van der Waals surface area contributed by atoms with Gasteiger partial charge in [-0.2, -0.15) is 0 Å². The molecule has 70 valence electrons. The van der Waals surface area contributed by atoms with Crippen molar-refractivity contribution in [2.75, 3.05) is 6.54 Å². The highest BCUT2D eigenvalue weighted by atomic mass is 16.5. The molecule has 0 aromatic carbocycles. The molecule has 0 unspecified atom stereocenters. The average molecular weight is 175 g/mol. The Morgan fingerprint density at radius 1 is 1.33 bits per heavy atom. The minimum atomic E-state index is -0.859. The van der Waals surface area contributed by atoms with Crippen molar-refractivity contribution in [3.63, 3.8) is 0 Å². The molecular formula is C7H13NO4.